The summed E-state index contributed by atoms with van der Waals surface area (Å²) in [5.74, 6) is 0.590. The molecule has 1 unspecified atom stereocenters. The van der Waals surface area contributed by atoms with Gasteiger partial charge in [-0.15, -0.1) is 0 Å². The molecule has 0 N–H and O–H groups in total. The summed E-state index contributed by atoms with van der Waals surface area (Å²) in [6.07, 6.45) is 4.17. The Morgan fingerprint density at radius 2 is 2.10 bits per heavy atom. The number of hydrogen-bond acceptors (Lipinski definition) is 4. The van der Waals surface area contributed by atoms with Gasteiger partial charge in [0.1, 0.15) is 11.1 Å². The van der Waals surface area contributed by atoms with Crippen LogP contribution in [0, 0.1) is 0 Å². The molecule has 1 fully saturated rings. The van der Waals surface area contributed by atoms with Gasteiger partial charge in [-0.2, -0.15) is 0 Å². The van der Waals surface area contributed by atoms with Crippen LogP contribution >= 0.6 is 0 Å². The molecule has 1 aromatic heterocycles. The van der Waals surface area contributed by atoms with Gasteiger partial charge in [-0.3, -0.25) is 9.36 Å². The molecule has 0 spiro atoms. The first-order valence-corrected chi connectivity index (χ1v) is 7.47. The van der Waals surface area contributed by atoms with E-state index in [4.69, 9.17) is 4.74 Å². The van der Waals surface area contributed by atoms with E-state index >= 15 is 0 Å². The molecule has 0 amide bonds. The lowest BCUT2D eigenvalue weighted by molar-refractivity contribution is 0.284. The summed E-state index contributed by atoms with van der Waals surface area (Å²) in [6.45, 7) is 5.22. The van der Waals surface area contributed by atoms with E-state index in [2.05, 4.69) is 16.8 Å². The van der Waals surface area contributed by atoms with Crippen LogP contribution in [-0.4, -0.2) is 41.2 Å². The average molecular weight is 287 g/mol. The molecular formula is C16H21N3O2. The summed E-state index contributed by atoms with van der Waals surface area (Å²) in [4.78, 5) is 19.6. The fourth-order valence-corrected chi connectivity index (χ4v) is 3.06. The van der Waals surface area contributed by atoms with Gasteiger partial charge in [-0.1, -0.05) is 6.07 Å². The molecule has 2 heterocycles. The predicted octanol–water partition coefficient (Wildman–Crippen LogP) is 2.06. The minimum Gasteiger partial charge on any atom is -0.496 e. The Hall–Kier alpha value is -1.88. The topological polar surface area (TPSA) is 47.4 Å². The van der Waals surface area contributed by atoms with Crippen LogP contribution < -0.4 is 10.3 Å². The second kappa shape index (κ2) is 5.85. The molecular weight excluding hydrogens is 266 g/mol. The molecule has 5 nitrogen and oxygen atoms in total. The molecule has 2 aromatic rings. The monoisotopic (exact) mass is 287 g/mol. The van der Waals surface area contributed by atoms with Gasteiger partial charge >= 0.3 is 0 Å². The van der Waals surface area contributed by atoms with Crippen LogP contribution in [0.4, 0.5) is 0 Å². The third kappa shape index (κ3) is 2.65. The van der Waals surface area contributed by atoms with E-state index in [0.717, 1.165) is 19.6 Å². The van der Waals surface area contributed by atoms with Gasteiger partial charge in [-0.25, -0.2) is 4.98 Å². The first-order valence-electron chi connectivity index (χ1n) is 7.47. The van der Waals surface area contributed by atoms with Crippen LogP contribution in [-0.2, 0) is 0 Å². The highest BCUT2D eigenvalue weighted by Crippen LogP contribution is 2.21. The number of likely N-dealkylation sites (tertiary alicyclic amines) is 1. The summed E-state index contributed by atoms with van der Waals surface area (Å²) >= 11 is 0. The van der Waals surface area contributed by atoms with Crippen LogP contribution in [0.15, 0.2) is 29.3 Å². The van der Waals surface area contributed by atoms with E-state index in [1.54, 1.807) is 24.1 Å². The van der Waals surface area contributed by atoms with Gasteiger partial charge in [0.25, 0.3) is 5.56 Å². The van der Waals surface area contributed by atoms with Gasteiger partial charge in [0.05, 0.1) is 19.0 Å². The normalized spacial score (nSPS) is 17.2. The lowest BCUT2D eigenvalue weighted by Gasteiger charge is -2.22. The molecule has 112 valence electrons. The Balaban J connectivity index is 1.98. The van der Waals surface area contributed by atoms with Crippen molar-refractivity contribution in [2.45, 2.75) is 25.8 Å². The van der Waals surface area contributed by atoms with Crippen LogP contribution in [0.25, 0.3) is 10.9 Å². The number of fused-ring (bicyclic) bond motifs is 1. The Morgan fingerprint density at radius 1 is 1.33 bits per heavy atom. The summed E-state index contributed by atoms with van der Waals surface area (Å²) in [5, 5.41) is 0.566. The number of hydrogen-bond donors (Lipinski definition) is 0. The number of ether oxygens (including phenoxy) is 1. The molecule has 5 heteroatoms. The van der Waals surface area contributed by atoms with E-state index in [-0.39, 0.29) is 11.6 Å². The summed E-state index contributed by atoms with van der Waals surface area (Å²) < 4.78 is 7.04. The molecule has 1 aliphatic rings. The Morgan fingerprint density at radius 3 is 2.81 bits per heavy atom. The molecule has 0 bridgehead atoms. The second-order valence-electron chi connectivity index (χ2n) is 5.67. The van der Waals surface area contributed by atoms with Crippen molar-refractivity contribution in [1.29, 1.82) is 0 Å². The highest BCUT2D eigenvalue weighted by Gasteiger charge is 2.18. The largest absolute Gasteiger partial charge is 0.496 e. The third-order valence-electron chi connectivity index (χ3n) is 4.19. The van der Waals surface area contributed by atoms with Gasteiger partial charge < -0.3 is 9.64 Å². The quantitative estimate of drug-likeness (QED) is 0.863. The van der Waals surface area contributed by atoms with E-state index in [1.807, 2.05) is 12.1 Å². The summed E-state index contributed by atoms with van der Waals surface area (Å²) in [5.41, 5.74) is 0.660. The maximum atomic E-state index is 12.7. The number of nitrogens with zero attached hydrogens (tertiary/aromatic N) is 3. The zero-order valence-corrected chi connectivity index (χ0v) is 12.6. The van der Waals surface area contributed by atoms with Crippen molar-refractivity contribution in [1.82, 2.24) is 14.5 Å². The van der Waals surface area contributed by atoms with Crippen LogP contribution in [0.1, 0.15) is 25.8 Å². The molecule has 1 aromatic carbocycles. The number of rotatable bonds is 4. The van der Waals surface area contributed by atoms with Gasteiger partial charge in [0.2, 0.25) is 0 Å². The van der Waals surface area contributed by atoms with E-state index in [9.17, 15) is 4.79 Å². The second-order valence-corrected chi connectivity index (χ2v) is 5.67. The molecule has 3 rings (SSSR count). The van der Waals surface area contributed by atoms with E-state index in [1.165, 1.54) is 12.8 Å². The van der Waals surface area contributed by atoms with Crippen molar-refractivity contribution >= 4 is 10.9 Å². The highest BCUT2D eigenvalue weighted by atomic mass is 16.5. The number of methoxy groups -OCH3 is 1. The van der Waals surface area contributed by atoms with Crippen molar-refractivity contribution in [2.24, 2.45) is 0 Å². The number of aromatic nitrogens is 2. The van der Waals surface area contributed by atoms with Crippen molar-refractivity contribution in [3.8, 4) is 5.75 Å². The SMILES string of the molecule is COc1cccc2ncn(C(C)CN3CCCC3)c(=O)c12. The molecule has 1 saturated heterocycles. The third-order valence-corrected chi connectivity index (χ3v) is 4.19. The Kier molecular flexibility index (Phi) is 3.92. The molecule has 0 saturated carbocycles. The maximum Gasteiger partial charge on any atom is 0.265 e. The predicted molar refractivity (Wildman–Crippen MR) is 82.9 cm³/mol. The molecule has 0 aliphatic carbocycles. The maximum absolute atomic E-state index is 12.7. The van der Waals surface area contributed by atoms with Gasteiger partial charge in [0.15, 0.2) is 0 Å². The summed E-state index contributed by atoms with van der Waals surface area (Å²) in [6, 6.07) is 5.61. The highest BCUT2D eigenvalue weighted by molar-refractivity contribution is 5.83. The van der Waals surface area contributed by atoms with E-state index in [0.29, 0.717) is 16.7 Å². The first-order chi connectivity index (χ1) is 10.2. The van der Waals surface area contributed by atoms with Crippen molar-refractivity contribution < 1.29 is 4.74 Å². The average Bonchev–Trinajstić information content (AvgIpc) is 2.99. The summed E-state index contributed by atoms with van der Waals surface area (Å²) in [7, 11) is 1.58. The van der Waals surface area contributed by atoms with Gasteiger partial charge in [0, 0.05) is 12.6 Å². The van der Waals surface area contributed by atoms with Crippen molar-refractivity contribution in [3.05, 3.63) is 34.9 Å². The Labute approximate surface area is 124 Å². The van der Waals surface area contributed by atoms with Crippen molar-refractivity contribution in [2.75, 3.05) is 26.7 Å². The Bertz CT molecular complexity index is 689. The van der Waals surface area contributed by atoms with Crippen molar-refractivity contribution in [3.63, 3.8) is 0 Å². The van der Waals surface area contributed by atoms with Crippen LogP contribution in [0.5, 0.6) is 5.75 Å². The lowest BCUT2D eigenvalue weighted by Crippen LogP contribution is -2.32. The molecule has 1 atom stereocenters. The lowest BCUT2D eigenvalue weighted by atomic mass is 10.2. The fourth-order valence-electron chi connectivity index (χ4n) is 3.06. The first kappa shape index (κ1) is 14.1. The minimum absolute atomic E-state index is 0.0239. The van der Waals surface area contributed by atoms with E-state index < -0.39 is 0 Å². The standard InChI is InChI=1S/C16H21N3O2/c1-12(10-18-8-3-4-9-18)19-11-17-13-6-5-7-14(21-2)15(13)16(19)20/h5-7,11-12H,3-4,8-10H2,1-2H3. The smallest absolute Gasteiger partial charge is 0.265 e. The van der Waals surface area contributed by atoms with Crippen LogP contribution in [0.3, 0.4) is 0 Å². The van der Waals surface area contributed by atoms with Gasteiger partial charge in [-0.05, 0) is 45.0 Å². The zero-order chi connectivity index (χ0) is 14.8. The molecule has 1 aliphatic heterocycles. The zero-order valence-electron chi connectivity index (χ0n) is 12.6. The molecule has 21 heavy (non-hydrogen) atoms. The fraction of sp³-hybridized carbons (Fsp3) is 0.500. The van der Waals surface area contributed by atoms with Crippen LogP contribution in [0.2, 0.25) is 0 Å². The number of benzene rings is 1. The minimum atomic E-state index is -0.0239. The molecule has 0 radical (unpaired) electrons.